The highest BCUT2D eigenvalue weighted by Crippen LogP contribution is 2.16. The van der Waals surface area contributed by atoms with Crippen molar-refractivity contribution in [2.75, 3.05) is 0 Å². The second-order valence-electron chi connectivity index (χ2n) is 6.29. The molecule has 0 spiro atoms. The van der Waals surface area contributed by atoms with Gasteiger partial charge in [-0.25, -0.2) is 4.98 Å². The van der Waals surface area contributed by atoms with Gasteiger partial charge in [-0.3, -0.25) is 9.59 Å². The van der Waals surface area contributed by atoms with Gasteiger partial charge >= 0.3 is 0 Å². The molecule has 0 radical (unpaired) electrons. The Morgan fingerprint density at radius 3 is 2.73 bits per heavy atom. The number of H-pyrrole nitrogens is 1. The summed E-state index contributed by atoms with van der Waals surface area (Å²) >= 11 is 6.15. The number of benzene rings is 2. The van der Waals surface area contributed by atoms with Crippen LogP contribution in [0.5, 0.6) is 0 Å². The molecule has 2 aromatic carbocycles. The third-order valence-electron chi connectivity index (χ3n) is 4.14. The summed E-state index contributed by atoms with van der Waals surface area (Å²) < 4.78 is 0. The Morgan fingerprint density at radius 2 is 1.92 bits per heavy atom. The molecule has 0 unspecified atom stereocenters. The van der Waals surface area contributed by atoms with Crippen LogP contribution in [0.15, 0.2) is 53.3 Å². The summed E-state index contributed by atoms with van der Waals surface area (Å²) in [5.74, 6) is 0.433. The Balaban J connectivity index is 1.57. The number of aryl methyl sites for hydroxylation is 1. The first-order valence-electron chi connectivity index (χ1n) is 8.53. The van der Waals surface area contributed by atoms with Gasteiger partial charge in [0.1, 0.15) is 5.82 Å². The van der Waals surface area contributed by atoms with Crippen LogP contribution in [-0.4, -0.2) is 21.9 Å². The lowest BCUT2D eigenvalue weighted by atomic mass is 10.1. The number of para-hydroxylation sites is 1. The lowest BCUT2D eigenvalue weighted by Crippen LogP contribution is -2.34. The molecule has 1 atom stereocenters. The molecule has 1 amide bonds. The molecule has 0 saturated carbocycles. The molecule has 0 fully saturated rings. The number of rotatable bonds is 6. The van der Waals surface area contributed by atoms with E-state index in [1.54, 1.807) is 18.2 Å². The molecule has 134 valence electrons. The first kappa shape index (κ1) is 18.1. The smallest absolute Gasteiger partial charge is 0.258 e. The number of aromatic nitrogens is 2. The number of carbonyl (C=O) groups is 1. The van der Waals surface area contributed by atoms with Crippen molar-refractivity contribution in [1.29, 1.82) is 0 Å². The Labute approximate surface area is 156 Å². The minimum Gasteiger partial charge on any atom is -0.353 e. The predicted molar refractivity (Wildman–Crippen MR) is 103 cm³/mol. The SMILES string of the molecule is C[C@H](Cc1ccccc1Cl)NC(=O)CCc1nc2ccccc2c(=O)[nH]1. The van der Waals surface area contributed by atoms with Gasteiger partial charge in [-0.2, -0.15) is 0 Å². The van der Waals surface area contributed by atoms with Gasteiger partial charge in [0.25, 0.3) is 5.56 Å². The van der Waals surface area contributed by atoms with E-state index in [1.807, 2.05) is 37.3 Å². The van der Waals surface area contributed by atoms with E-state index in [-0.39, 0.29) is 23.9 Å². The molecule has 1 aromatic heterocycles. The fourth-order valence-corrected chi connectivity index (χ4v) is 3.09. The van der Waals surface area contributed by atoms with Crippen molar-refractivity contribution in [3.8, 4) is 0 Å². The zero-order valence-electron chi connectivity index (χ0n) is 14.5. The molecule has 0 saturated heterocycles. The van der Waals surface area contributed by atoms with E-state index in [4.69, 9.17) is 11.6 Å². The van der Waals surface area contributed by atoms with Gasteiger partial charge in [0, 0.05) is 23.9 Å². The third-order valence-corrected chi connectivity index (χ3v) is 4.51. The summed E-state index contributed by atoms with van der Waals surface area (Å²) in [7, 11) is 0. The van der Waals surface area contributed by atoms with Crippen LogP contribution in [0.4, 0.5) is 0 Å². The number of fused-ring (bicyclic) bond motifs is 1. The van der Waals surface area contributed by atoms with Crippen LogP contribution in [0.25, 0.3) is 10.9 Å². The van der Waals surface area contributed by atoms with Gasteiger partial charge in [0.2, 0.25) is 5.91 Å². The number of hydrogen-bond donors (Lipinski definition) is 2. The molecular weight excluding hydrogens is 350 g/mol. The van der Waals surface area contributed by atoms with Crippen molar-refractivity contribution in [2.45, 2.75) is 32.2 Å². The second kappa shape index (κ2) is 8.15. The summed E-state index contributed by atoms with van der Waals surface area (Å²) in [5, 5.41) is 4.21. The van der Waals surface area contributed by atoms with Crippen molar-refractivity contribution in [1.82, 2.24) is 15.3 Å². The molecule has 0 aliphatic carbocycles. The molecule has 2 N–H and O–H groups in total. The lowest BCUT2D eigenvalue weighted by Gasteiger charge is -2.14. The molecular formula is C20H20ClN3O2. The van der Waals surface area contributed by atoms with Crippen LogP contribution < -0.4 is 10.9 Å². The van der Waals surface area contributed by atoms with E-state index in [0.717, 1.165) is 5.56 Å². The standard InChI is InChI=1S/C20H20ClN3O2/c1-13(12-14-6-2-4-8-16(14)21)22-19(25)11-10-18-23-17-9-5-3-7-15(17)20(26)24-18/h2-9,13H,10-12H2,1H3,(H,22,25)(H,23,24,26)/t13-/m1/s1. The summed E-state index contributed by atoms with van der Waals surface area (Å²) in [6.45, 7) is 1.94. The van der Waals surface area contributed by atoms with Gasteiger partial charge in [-0.15, -0.1) is 0 Å². The summed E-state index contributed by atoms with van der Waals surface area (Å²) in [5.41, 5.74) is 1.46. The third kappa shape index (κ3) is 4.49. The normalized spacial score (nSPS) is 12.1. The average Bonchev–Trinajstić information content (AvgIpc) is 2.62. The van der Waals surface area contributed by atoms with Crippen molar-refractivity contribution in [2.24, 2.45) is 0 Å². The van der Waals surface area contributed by atoms with Gasteiger partial charge in [-0.05, 0) is 37.1 Å². The number of hydrogen-bond acceptors (Lipinski definition) is 3. The quantitative estimate of drug-likeness (QED) is 0.700. The van der Waals surface area contributed by atoms with Crippen molar-refractivity contribution in [3.63, 3.8) is 0 Å². The molecule has 6 heteroatoms. The fourth-order valence-electron chi connectivity index (χ4n) is 2.88. The number of amides is 1. The predicted octanol–water partition coefficient (Wildman–Crippen LogP) is 3.26. The minimum absolute atomic E-state index is 0.0361. The van der Waals surface area contributed by atoms with E-state index < -0.39 is 0 Å². The number of carbonyl (C=O) groups excluding carboxylic acids is 1. The van der Waals surface area contributed by atoms with Crippen molar-refractivity contribution in [3.05, 3.63) is 75.3 Å². The maximum atomic E-state index is 12.2. The van der Waals surface area contributed by atoms with Crippen molar-refractivity contribution < 1.29 is 4.79 Å². The first-order valence-corrected chi connectivity index (χ1v) is 8.91. The van der Waals surface area contributed by atoms with Crippen molar-refractivity contribution >= 4 is 28.4 Å². The fraction of sp³-hybridized carbons (Fsp3) is 0.250. The van der Waals surface area contributed by atoms with E-state index in [2.05, 4.69) is 15.3 Å². The van der Waals surface area contributed by atoms with E-state index in [1.165, 1.54) is 0 Å². The van der Waals surface area contributed by atoms with Crippen LogP contribution in [0, 0.1) is 0 Å². The number of nitrogens with one attached hydrogen (secondary N) is 2. The molecule has 5 nitrogen and oxygen atoms in total. The Bertz CT molecular complexity index is 984. The van der Waals surface area contributed by atoms with Crippen LogP contribution >= 0.6 is 11.6 Å². The summed E-state index contributed by atoms with van der Waals surface area (Å²) in [6.07, 6.45) is 1.30. The maximum Gasteiger partial charge on any atom is 0.258 e. The van der Waals surface area contributed by atoms with Gasteiger partial charge < -0.3 is 10.3 Å². The molecule has 3 aromatic rings. The van der Waals surface area contributed by atoms with E-state index in [9.17, 15) is 9.59 Å². The van der Waals surface area contributed by atoms with Crippen LogP contribution in [0.1, 0.15) is 24.7 Å². The topological polar surface area (TPSA) is 74.8 Å². The van der Waals surface area contributed by atoms with Gasteiger partial charge in [0.05, 0.1) is 10.9 Å². The average molecular weight is 370 g/mol. The van der Waals surface area contributed by atoms with Crippen LogP contribution in [0.2, 0.25) is 5.02 Å². The summed E-state index contributed by atoms with van der Waals surface area (Å²) in [6, 6.07) is 14.7. The zero-order chi connectivity index (χ0) is 18.5. The minimum atomic E-state index is -0.182. The molecule has 0 aliphatic rings. The number of nitrogens with zero attached hydrogens (tertiary/aromatic N) is 1. The zero-order valence-corrected chi connectivity index (χ0v) is 15.2. The Kier molecular flexibility index (Phi) is 5.68. The second-order valence-corrected chi connectivity index (χ2v) is 6.70. The highest BCUT2D eigenvalue weighted by molar-refractivity contribution is 6.31. The monoisotopic (exact) mass is 369 g/mol. The number of halogens is 1. The Morgan fingerprint density at radius 1 is 1.19 bits per heavy atom. The summed E-state index contributed by atoms with van der Waals surface area (Å²) in [4.78, 5) is 31.4. The van der Waals surface area contributed by atoms with Gasteiger partial charge in [-0.1, -0.05) is 41.9 Å². The van der Waals surface area contributed by atoms with Crippen LogP contribution in [-0.2, 0) is 17.6 Å². The molecule has 0 aliphatic heterocycles. The largest absolute Gasteiger partial charge is 0.353 e. The molecule has 0 bridgehead atoms. The molecule has 26 heavy (non-hydrogen) atoms. The first-order chi connectivity index (χ1) is 12.5. The van der Waals surface area contributed by atoms with E-state index in [0.29, 0.717) is 34.6 Å². The van der Waals surface area contributed by atoms with Crippen LogP contribution in [0.3, 0.4) is 0 Å². The number of aromatic amines is 1. The molecule has 3 rings (SSSR count). The Hall–Kier alpha value is -2.66. The highest BCUT2D eigenvalue weighted by atomic mass is 35.5. The van der Waals surface area contributed by atoms with E-state index >= 15 is 0 Å². The lowest BCUT2D eigenvalue weighted by molar-refractivity contribution is -0.121. The van der Waals surface area contributed by atoms with Gasteiger partial charge in [0.15, 0.2) is 0 Å². The molecule has 1 heterocycles. The highest BCUT2D eigenvalue weighted by Gasteiger charge is 2.11. The maximum absolute atomic E-state index is 12.2.